The molecule has 1 aromatic carbocycles. The van der Waals surface area contributed by atoms with Crippen molar-refractivity contribution in [3.8, 4) is 0 Å². The summed E-state index contributed by atoms with van der Waals surface area (Å²) in [4.78, 5) is 14.1. The number of halogens is 3. The molecule has 16 heavy (non-hydrogen) atoms. The first-order valence-electron chi connectivity index (χ1n) is 3.95. The van der Waals surface area contributed by atoms with E-state index in [0.717, 1.165) is 6.07 Å². The minimum absolute atomic E-state index is 0.295. The third-order valence-electron chi connectivity index (χ3n) is 1.47. The van der Waals surface area contributed by atoms with Gasteiger partial charge in [-0.2, -0.15) is 4.99 Å². The Bertz CT molecular complexity index is 436. The van der Waals surface area contributed by atoms with Crippen molar-refractivity contribution in [2.24, 2.45) is 16.5 Å². The first-order chi connectivity index (χ1) is 7.40. The van der Waals surface area contributed by atoms with Gasteiger partial charge in [-0.25, -0.2) is 13.6 Å². The van der Waals surface area contributed by atoms with Crippen LogP contribution < -0.4 is 16.8 Å². The number of hydrogen-bond donors (Lipinski definition) is 3. The molecule has 86 valence electrons. The van der Waals surface area contributed by atoms with Crippen molar-refractivity contribution in [3.63, 3.8) is 0 Å². The predicted octanol–water partition coefficient (Wildman–Crippen LogP) is 1.42. The van der Waals surface area contributed by atoms with E-state index in [1.165, 1.54) is 0 Å². The zero-order chi connectivity index (χ0) is 12.3. The van der Waals surface area contributed by atoms with E-state index in [-0.39, 0.29) is 5.02 Å². The van der Waals surface area contributed by atoms with E-state index in [2.05, 4.69) is 4.99 Å². The molecular formula is C8H7ClF2N4O. The number of carbonyl (C=O) groups excluding carboxylic acids is 1. The van der Waals surface area contributed by atoms with Crippen molar-refractivity contribution in [3.05, 3.63) is 28.8 Å². The third-order valence-corrected chi connectivity index (χ3v) is 1.77. The Morgan fingerprint density at radius 3 is 2.50 bits per heavy atom. The van der Waals surface area contributed by atoms with Crippen molar-refractivity contribution in [2.45, 2.75) is 0 Å². The van der Waals surface area contributed by atoms with Gasteiger partial charge in [0.1, 0.15) is 5.82 Å². The number of aliphatic imine (C=N–C) groups is 1. The lowest BCUT2D eigenvalue weighted by atomic mass is 10.3. The zero-order valence-corrected chi connectivity index (χ0v) is 8.55. The van der Waals surface area contributed by atoms with Crippen LogP contribution in [0.3, 0.4) is 0 Å². The molecule has 0 saturated heterocycles. The number of carbonyl (C=O) groups is 1. The van der Waals surface area contributed by atoms with E-state index < -0.39 is 29.3 Å². The van der Waals surface area contributed by atoms with Gasteiger partial charge < -0.3 is 16.8 Å². The molecule has 0 heterocycles. The van der Waals surface area contributed by atoms with E-state index in [1.807, 2.05) is 5.32 Å². The summed E-state index contributed by atoms with van der Waals surface area (Å²) in [6.45, 7) is 0. The topological polar surface area (TPSA) is 93.5 Å². The number of nitrogens with zero attached hydrogens (tertiary/aromatic N) is 1. The molecule has 0 atom stereocenters. The van der Waals surface area contributed by atoms with Gasteiger partial charge in [0.25, 0.3) is 0 Å². The predicted molar refractivity (Wildman–Crippen MR) is 56.2 cm³/mol. The number of rotatable bonds is 1. The lowest BCUT2D eigenvalue weighted by Crippen LogP contribution is -2.25. The SMILES string of the molecule is NC(N)=NC(=O)Nc1c(F)cc(F)cc1Cl. The van der Waals surface area contributed by atoms with Gasteiger partial charge in [-0.3, -0.25) is 0 Å². The molecule has 0 aliphatic heterocycles. The van der Waals surface area contributed by atoms with Gasteiger partial charge in [0.15, 0.2) is 11.8 Å². The highest BCUT2D eigenvalue weighted by atomic mass is 35.5. The number of hydrogen-bond acceptors (Lipinski definition) is 1. The molecule has 0 unspecified atom stereocenters. The highest BCUT2D eigenvalue weighted by Gasteiger charge is 2.12. The van der Waals surface area contributed by atoms with Gasteiger partial charge in [0.05, 0.1) is 10.7 Å². The molecule has 5 nitrogen and oxygen atoms in total. The highest BCUT2D eigenvalue weighted by Crippen LogP contribution is 2.26. The second-order valence-electron chi connectivity index (χ2n) is 2.71. The number of amides is 2. The van der Waals surface area contributed by atoms with Gasteiger partial charge in [-0.05, 0) is 6.07 Å². The van der Waals surface area contributed by atoms with E-state index >= 15 is 0 Å². The van der Waals surface area contributed by atoms with Crippen LogP contribution in [0, 0.1) is 11.6 Å². The second kappa shape index (κ2) is 4.75. The fraction of sp³-hybridized carbons (Fsp3) is 0. The molecule has 2 amide bonds. The summed E-state index contributed by atoms with van der Waals surface area (Å²) in [7, 11) is 0. The van der Waals surface area contributed by atoms with E-state index in [9.17, 15) is 13.6 Å². The maximum absolute atomic E-state index is 13.2. The van der Waals surface area contributed by atoms with Crippen LogP contribution in [-0.2, 0) is 0 Å². The molecule has 0 fully saturated rings. The molecule has 1 aromatic rings. The molecule has 0 aliphatic rings. The Balaban J connectivity index is 2.98. The van der Waals surface area contributed by atoms with Crippen molar-refractivity contribution in [2.75, 3.05) is 5.32 Å². The number of nitrogens with one attached hydrogen (secondary N) is 1. The first kappa shape index (κ1) is 12.2. The van der Waals surface area contributed by atoms with Crippen molar-refractivity contribution < 1.29 is 13.6 Å². The molecular weight excluding hydrogens is 242 g/mol. The fourth-order valence-corrected chi connectivity index (χ4v) is 1.16. The second-order valence-corrected chi connectivity index (χ2v) is 3.12. The van der Waals surface area contributed by atoms with E-state index in [0.29, 0.717) is 6.07 Å². The number of guanidine groups is 1. The summed E-state index contributed by atoms with van der Waals surface area (Å²) < 4.78 is 25.8. The lowest BCUT2D eigenvalue weighted by Gasteiger charge is -2.05. The Kier molecular flexibility index (Phi) is 3.62. The molecule has 0 radical (unpaired) electrons. The lowest BCUT2D eigenvalue weighted by molar-refractivity contribution is 0.259. The average molecular weight is 249 g/mol. The molecule has 5 N–H and O–H groups in total. The van der Waals surface area contributed by atoms with Gasteiger partial charge >= 0.3 is 6.03 Å². The standard InChI is InChI=1S/C8H7ClF2N4O/c9-4-1-3(10)2-5(11)6(4)14-8(16)15-7(12)13/h1-2H,(H5,12,13,14,15,16). The minimum atomic E-state index is -1.02. The smallest absolute Gasteiger partial charge is 0.348 e. The van der Waals surface area contributed by atoms with Crippen LogP contribution in [0.2, 0.25) is 5.02 Å². The van der Waals surface area contributed by atoms with Crippen LogP contribution in [0.4, 0.5) is 19.3 Å². The summed E-state index contributed by atoms with van der Waals surface area (Å²) in [5.41, 5.74) is 9.46. The summed E-state index contributed by atoms with van der Waals surface area (Å²) in [6.07, 6.45) is 0. The van der Waals surface area contributed by atoms with Crippen LogP contribution in [0.25, 0.3) is 0 Å². The maximum Gasteiger partial charge on any atom is 0.348 e. The molecule has 0 aliphatic carbocycles. The van der Waals surface area contributed by atoms with Crippen LogP contribution in [0.15, 0.2) is 17.1 Å². The molecule has 0 spiro atoms. The van der Waals surface area contributed by atoms with Crippen molar-refractivity contribution in [1.29, 1.82) is 0 Å². The Morgan fingerprint density at radius 2 is 2.00 bits per heavy atom. The normalized spacial score (nSPS) is 9.69. The quantitative estimate of drug-likeness (QED) is 0.518. The van der Waals surface area contributed by atoms with Crippen LogP contribution in [0.5, 0.6) is 0 Å². The van der Waals surface area contributed by atoms with Crippen LogP contribution in [-0.4, -0.2) is 12.0 Å². The Labute approximate surface area is 94.1 Å². The zero-order valence-electron chi connectivity index (χ0n) is 7.80. The van der Waals surface area contributed by atoms with Crippen LogP contribution >= 0.6 is 11.6 Å². The minimum Gasteiger partial charge on any atom is -0.370 e. The summed E-state index contributed by atoms with van der Waals surface area (Å²) in [5.74, 6) is -2.37. The van der Waals surface area contributed by atoms with Crippen molar-refractivity contribution in [1.82, 2.24) is 0 Å². The van der Waals surface area contributed by atoms with Gasteiger partial charge in [-0.1, -0.05) is 11.6 Å². The van der Waals surface area contributed by atoms with Gasteiger partial charge in [0.2, 0.25) is 0 Å². The Morgan fingerprint density at radius 1 is 1.38 bits per heavy atom. The van der Waals surface area contributed by atoms with Crippen molar-refractivity contribution >= 4 is 29.3 Å². The van der Waals surface area contributed by atoms with E-state index in [1.54, 1.807) is 0 Å². The first-order valence-corrected chi connectivity index (χ1v) is 4.33. The molecule has 1 rings (SSSR count). The monoisotopic (exact) mass is 248 g/mol. The van der Waals surface area contributed by atoms with E-state index in [4.69, 9.17) is 23.1 Å². The highest BCUT2D eigenvalue weighted by molar-refractivity contribution is 6.33. The maximum atomic E-state index is 13.2. The van der Waals surface area contributed by atoms with Gasteiger partial charge in [-0.15, -0.1) is 0 Å². The Hall–Kier alpha value is -1.89. The molecule has 0 bridgehead atoms. The largest absolute Gasteiger partial charge is 0.370 e. The fourth-order valence-electron chi connectivity index (χ4n) is 0.914. The summed E-state index contributed by atoms with van der Waals surface area (Å²) >= 11 is 5.51. The average Bonchev–Trinajstić information content (AvgIpc) is 2.09. The summed E-state index contributed by atoms with van der Waals surface area (Å²) in [6, 6.07) is 0.402. The van der Waals surface area contributed by atoms with Gasteiger partial charge in [0, 0.05) is 6.07 Å². The number of anilines is 1. The number of urea groups is 1. The summed E-state index contributed by atoms with van der Waals surface area (Å²) in [5, 5.41) is 1.68. The molecule has 0 aromatic heterocycles. The van der Waals surface area contributed by atoms with Crippen LogP contribution in [0.1, 0.15) is 0 Å². The third kappa shape index (κ3) is 3.06. The molecule has 8 heteroatoms. The number of benzene rings is 1. The number of nitrogens with two attached hydrogens (primary N) is 2. The molecule has 0 saturated carbocycles.